The first-order valence-corrected chi connectivity index (χ1v) is 13.4. The maximum Gasteiger partial charge on any atom is 0.318 e. The first-order chi connectivity index (χ1) is 18.2. The smallest absolute Gasteiger partial charge is 0.318 e. The van der Waals surface area contributed by atoms with Crippen molar-refractivity contribution in [1.82, 2.24) is 20.6 Å². The number of nitrogens with two attached hydrogens (primary N) is 1. The van der Waals surface area contributed by atoms with Gasteiger partial charge in [-0.15, -0.1) is 11.3 Å². The quantitative estimate of drug-likeness (QED) is 0.302. The molecule has 0 saturated heterocycles. The fraction of sp³-hybridized carbons (Fsp3) is 0.370. The third-order valence-corrected chi connectivity index (χ3v) is 7.80. The number of carbonyl (C=O) groups is 2. The highest BCUT2D eigenvalue weighted by Crippen LogP contribution is 2.45. The van der Waals surface area contributed by atoms with Crippen LogP contribution in [0, 0.1) is 5.41 Å². The molecule has 1 aliphatic heterocycles. The van der Waals surface area contributed by atoms with Gasteiger partial charge in [-0.2, -0.15) is 0 Å². The van der Waals surface area contributed by atoms with E-state index in [2.05, 4.69) is 20.6 Å². The molecule has 1 aromatic carbocycles. The minimum Gasteiger partial charge on any atom is -0.481 e. The monoisotopic (exact) mass is 535 g/mol. The molecule has 2 amide bonds. The molecule has 2 atom stereocenters. The Bertz CT molecular complexity index is 1360. The third-order valence-electron chi connectivity index (χ3n) is 6.92. The lowest BCUT2D eigenvalue weighted by molar-refractivity contribution is -0.137. The van der Waals surface area contributed by atoms with E-state index >= 15 is 0 Å². The van der Waals surface area contributed by atoms with Crippen molar-refractivity contribution in [3.8, 4) is 11.3 Å². The largest absolute Gasteiger partial charge is 0.481 e. The van der Waals surface area contributed by atoms with Crippen molar-refractivity contribution >= 4 is 45.5 Å². The van der Waals surface area contributed by atoms with E-state index in [-0.39, 0.29) is 6.42 Å². The first kappa shape index (κ1) is 27.2. The Balaban J connectivity index is 1.85. The summed E-state index contributed by atoms with van der Waals surface area (Å²) >= 11 is 1.54. The van der Waals surface area contributed by atoms with Crippen LogP contribution in [0.25, 0.3) is 21.5 Å². The summed E-state index contributed by atoms with van der Waals surface area (Å²) in [5.74, 6) is -2.20. The molecular weight excluding hydrogens is 502 g/mol. The number of hydrogen-bond donors (Lipinski definition) is 4. The molecular formula is C27H33N7O3S. The number of amides is 2. The number of allylic oxidation sites excluding steroid dienone is 1. The van der Waals surface area contributed by atoms with Gasteiger partial charge in [-0.05, 0) is 50.1 Å². The summed E-state index contributed by atoms with van der Waals surface area (Å²) in [6.45, 7) is 6.15. The summed E-state index contributed by atoms with van der Waals surface area (Å²) < 4.78 is 1.00. The zero-order chi connectivity index (χ0) is 27.3. The highest BCUT2D eigenvalue weighted by atomic mass is 32.1. The molecule has 0 saturated carbocycles. The van der Waals surface area contributed by atoms with Crippen molar-refractivity contribution in [1.29, 1.82) is 0 Å². The first-order valence-electron chi connectivity index (χ1n) is 12.5. The molecule has 0 radical (unpaired) electrons. The van der Waals surface area contributed by atoms with Gasteiger partial charge in [-0.25, -0.2) is 14.8 Å². The molecule has 200 valence electrons. The van der Waals surface area contributed by atoms with Gasteiger partial charge in [0, 0.05) is 54.3 Å². The van der Waals surface area contributed by atoms with E-state index in [1.165, 1.54) is 11.3 Å². The van der Waals surface area contributed by atoms with Crippen molar-refractivity contribution in [2.24, 2.45) is 16.1 Å². The van der Waals surface area contributed by atoms with Crippen LogP contribution in [0.3, 0.4) is 0 Å². The molecule has 5 N–H and O–H groups in total. The summed E-state index contributed by atoms with van der Waals surface area (Å²) in [5.41, 5.74) is 10.9. The highest BCUT2D eigenvalue weighted by Gasteiger charge is 2.54. The van der Waals surface area contributed by atoms with Crippen molar-refractivity contribution in [3.63, 3.8) is 0 Å². The van der Waals surface area contributed by atoms with Crippen molar-refractivity contribution in [2.45, 2.75) is 51.9 Å². The number of nitrogens with one attached hydrogen (secondary N) is 2. The predicted octanol–water partition coefficient (Wildman–Crippen LogP) is 4.34. The number of benzene rings is 1. The number of carboxylic acid groups (broad SMARTS) is 1. The van der Waals surface area contributed by atoms with Gasteiger partial charge < -0.3 is 21.1 Å². The molecule has 0 aliphatic carbocycles. The van der Waals surface area contributed by atoms with E-state index in [0.29, 0.717) is 19.4 Å². The van der Waals surface area contributed by atoms with E-state index in [1.54, 1.807) is 24.0 Å². The highest BCUT2D eigenvalue weighted by molar-refractivity contribution is 7.17. The number of carboxylic acids is 1. The number of thiazole rings is 1. The molecule has 1 aliphatic rings. The van der Waals surface area contributed by atoms with Crippen LogP contribution in [0.2, 0.25) is 0 Å². The summed E-state index contributed by atoms with van der Waals surface area (Å²) in [7, 11) is 0. The molecule has 0 spiro atoms. The molecule has 3 heterocycles. The number of urea groups is 1. The average molecular weight is 536 g/mol. The van der Waals surface area contributed by atoms with Crippen molar-refractivity contribution in [3.05, 3.63) is 54.3 Å². The number of hydrogen-bond acceptors (Lipinski definition) is 8. The molecule has 38 heavy (non-hydrogen) atoms. The van der Waals surface area contributed by atoms with Crippen molar-refractivity contribution < 1.29 is 14.7 Å². The Hall–Kier alpha value is -3.83. The molecule has 11 heteroatoms. The van der Waals surface area contributed by atoms with Gasteiger partial charge in [-0.3, -0.25) is 15.1 Å². The standard InChI is InChI=1S/C27H33N7O3S/c1-4-29-25(37)33-27(26(2,3)22(28)10-7-11-23(35)36)32-13-8-14-34(27)18-15-19(20-9-5-6-12-30-20)24-21(16-18)31-17-38-24/h5-6,8-9,12-17,22H,4,7,10-11,28H2,1-3H3,(H,35,36)(H2,29,33,37). The minimum absolute atomic E-state index is 0.0152. The lowest BCUT2D eigenvalue weighted by atomic mass is 9.74. The van der Waals surface area contributed by atoms with E-state index in [9.17, 15) is 9.59 Å². The van der Waals surface area contributed by atoms with Gasteiger partial charge in [0.15, 0.2) is 0 Å². The molecule has 10 nitrogen and oxygen atoms in total. The number of fused-ring (bicyclic) bond motifs is 1. The number of rotatable bonds is 10. The Morgan fingerprint density at radius 1 is 1.26 bits per heavy atom. The molecule has 4 rings (SSSR count). The van der Waals surface area contributed by atoms with E-state index < -0.39 is 29.2 Å². The number of nitrogens with zero attached hydrogens (tertiary/aromatic N) is 4. The SMILES string of the molecule is CCNC(=O)NC1(C(C)(C)C(N)CCCC(=O)O)N=CC=CN1c1cc(-c2ccccn2)c2scnc2c1. The summed E-state index contributed by atoms with van der Waals surface area (Å²) in [6.07, 6.45) is 7.92. The molecule has 2 unspecified atom stereocenters. The van der Waals surface area contributed by atoms with Gasteiger partial charge in [0.2, 0.25) is 5.79 Å². The second kappa shape index (κ2) is 11.3. The van der Waals surface area contributed by atoms with Crippen LogP contribution in [-0.4, -0.2) is 51.7 Å². The van der Waals surface area contributed by atoms with E-state index in [0.717, 1.165) is 27.2 Å². The number of anilines is 1. The zero-order valence-electron chi connectivity index (χ0n) is 21.7. The Morgan fingerprint density at radius 2 is 2.08 bits per heavy atom. The molecule has 0 fully saturated rings. The maximum absolute atomic E-state index is 13.0. The fourth-order valence-electron chi connectivity index (χ4n) is 4.71. The van der Waals surface area contributed by atoms with Crippen LogP contribution < -0.4 is 21.3 Å². The summed E-state index contributed by atoms with van der Waals surface area (Å²) in [4.78, 5) is 40.1. The average Bonchev–Trinajstić information content (AvgIpc) is 3.37. The van der Waals surface area contributed by atoms with Gasteiger partial charge in [0.05, 0.1) is 21.4 Å². The van der Waals surface area contributed by atoms with Crippen LogP contribution in [-0.2, 0) is 4.79 Å². The molecule has 3 aromatic rings. The van der Waals surface area contributed by atoms with Gasteiger partial charge >= 0.3 is 12.0 Å². The second-order valence-corrected chi connectivity index (χ2v) is 10.5. The molecule has 0 bridgehead atoms. The summed E-state index contributed by atoms with van der Waals surface area (Å²) in [6, 6.07) is 8.86. The van der Waals surface area contributed by atoms with Crippen LogP contribution in [0.15, 0.2) is 59.3 Å². The minimum atomic E-state index is -1.32. The molecule has 2 aromatic heterocycles. The van der Waals surface area contributed by atoms with E-state index in [4.69, 9.17) is 15.8 Å². The maximum atomic E-state index is 13.0. The third kappa shape index (κ3) is 5.25. The number of aliphatic imine (C=N–C) groups is 1. The van der Waals surface area contributed by atoms with Gasteiger partial charge in [0.25, 0.3) is 0 Å². The number of aromatic nitrogens is 2. The lowest BCUT2D eigenvalue weighted by Gasteiger charge is -2.53. The van der Waals surface area contributed by atoms with E-state index in [1.807, 2.05) is 62.2 Å². The Kier molecular flexibility index (Phi) is 8.08. The number of pyridine rings is 1. The van der Waals surface area contributed by atoms with Crippen LogP contribution in [0.4, 0.5) is 10.5 Å². The number of carbonyl (C=O) groups excluding carboxylic acids is 1. The number of aliphatic carboxylic acids is 1. The predicted molar refractivity (Wildman–Crippen MR) is 151 cm³/mol. The lowest BCUT2D eigenvalue weighted by Crippen LogP contribution is -2.71. The van der Waals surface area contributed by atoms with Gasteiger partial charge in [0.1, 0.15) is 0 Å². The zero-order valence-corrected chi connectivity index (χ0v) is 22.5. The normalized spacial score (nSPS) is 17.9. The Labute approximate surface area is 225 Å². The van der Waals surface area contributed by atoms with Crippen LogP contribution in [0.5, 0.6) is 0 Å². The van der Waals surface area contributed by atoms with Crippen LogP contribution >= 0.6 is 11.3 Å². The van der Waals surface area contributed by atoms with Crippen LogP contribution in [0.1, 0.15) is 40.0 Å². The second-order valence-electron chi connectivity index (χ2n) is 9.67. The van der Waals surface area contributed by atoms with Gasteiger partial charge in [-0.1, -0.05) is 19.9 Å². The summed E-state index contributed by atoms with van der Waals surface area (Å²) in [5, 5.41) is 15.0. The fourth-order valence-corrected chi connectivity index (χ4v) is 5.50. The topological polar surface area (TPSA) is 146 Å². The van der Waals surface area contributed by atoms with Crippen molar-refractivity contribution in [2.75, 3.05) is 11.4 Å². The Morgan fingerprint density at radius 3 is 2.79 bits per heavy atom.